The number of carbonyl (C=O) groups is 5. The molecule has 1 saturated carbocycles. The summed E-state index contributed by atoms with van der Waals surface area (Å²) in [6.07, 6.45) is 2.29. The molecule has 5 amide bonds. The first-order chi connectivity index (χ1) is 20.2. The van der Waals surface area contributed by atoms with Gasteiger partial charge in [0, 0.05) is 42.0 Å². The summed E-state index contributed by atoms with van der Waals surface area (Å²) in [5, 5.41) is 5.59. The van der Waals surface area contributed by atoms with E-state index in [0.717, 1.165) is 40.3 Å². The minimum Gasteiger partial charge on any atom is -0.482 e. The summed E-state index contributed by atoms with van der Waals surface area (Å²) in [6, 6.07) is 11.5. The number of rotatable bonds is 5. The Balaban J connectivity index is 1.32. The molecule has 11 heteroatoms. The van der Waals surface area contributed by atoms with Crippen LogP contribution in [0.1, 0.15) is 63.7 Å². The van der Waals surface area contributed by atoms with Gasteiger partial charge in [-0.05, 0) is 68.1 Å². The van der Waals surface area contributed by atoms with E-state index in [2.05, 4.69) is 16.7 Å². The number of nitrogens with zero attached hydrogens (tertiary/aromatic N) is 3. The number of pyridine rings is 1. The van der Waals surface area contributed by atoms with Gasteiger partial charge >= 0.3 is 0 Å². The van der Waals surface area contributed by atoms with Gasteiger partial charge in [-0.3, -0.25) is 39.2 Å². The molecule has 2 aromatic carbocycles. The Morgan fingerprint density at radius 3 is 2.52 bits per heavy atom. The lowest BCUT2D eigenvalue weighted by atomic mass is 9.99. The Labute approximate surface area is 240 Å². The van der Waals surface area contributed by atoms with E-state index in [-0.39, 0.29) is 36.5 Å². The normalized spacial score (nSPS) is 19.9. The number of benzene rings is 2. The number of carbonyl (C=O) groups excluding carboxylic acids is 5. The van der Waals surface area contributed by atoms with Gasteiger partial charge in [-0.15, -0.1) is 0 Å². The van der Waals surface area contributed by atoms with E-state index in [1.54, 1.807) is 31.3 Å². The number of hydrogen-bond acceptors (Lipinski definition) is 8. The quantitative estimate of drug-likeness (QED) is 0.449. The van der Waals surface area contributed by atoms with E-state index in [1.807, 2.05) is 19.1 Å². The van der Waals surface area contributed by atoms with E-state index < -0.39 is 29.7 Å². The molecule has 2 fully saturated rings. The molecule has 7 rings (SSSR count). The van der Waals surface area contributed by atoms with Crippen LogP contribution in [-0.4, -0.2) is 59.1 Å². The van der Waals surface area contributed by atoms with Crippen LogP contribution in [-0.2, 0) is 14.4 Å². The van der Waals surface area contributed by atoms with Gasteiger partial charge in [-0.1, -0.05) is 6.07 Å². The Kier molecular flexibility index (Phi) is 5.86. The van der Waals surface area contributed by atoms with E-state index in [1.165, 1.54) is 4.90 Å². The summed E-state index contributed by atoms with van der Waals surface area (Å²) in [7, 11) is 1.68. The van der Waals surface area contributed by atoms with Crippen molar-refractivity contribution in [3.05, 3.63) is 65.0 Å². The number of aryl methyl sites for hydroxylation is 1. The second kappa shape index (κ2) is 9.51. The number of nitrogens with one attached hydrogen (secondary N) is 2. The molecular formula is C31H27N5O6. The number of hydrogen-bond donors (Lipinski definition) is 2. The van der Waals surface area contributed by atoms with Crippen LogP contribution in [0.5, 0.6) is 5.75 Å². The zero-order valence-electron chi connectivity index (χ0n) is 23.0. The number of amides is 5. The van der Waals surface area contributed by atoms with Crippen LogP contribution in [0.15, 0.2) is 42.5 Å². The molecule has 11 nitrogen and oxygen atoms in total. The molecule has 4 aliphatic rings. The Morgan fingerprint density at radius 1 is 0.952 bits per heavy atom. The van der Waals surface area contributed by atoms with Gasteiger partial charge in [0.2, 0.25) is 11.8 Å². The minimum absolute atomic E-state index is 0.0376. The maximum Gasteiger partial charge on any atom is 0.264 e. The third-order valence-electron chi connectivity index (χ3n) is 8.20. The monoisotopic (exact) mass is 565 g/mol. The molecule has 42 heavy (non-hydrogen) atoms. The molecule has 0 bridgehead atoms. The molecular weight excluding hydrogens is 538 g/mol. The van der Waals surface area contributed by atoms with E-state index in [9.17, 15) is 24.0 Å². The number of imide groups is 2. The van der Waals surface area contributed by atoms with Crippen LogP contribution in [0.25, 0.3) is 11.1 Å². The predicted molar refractivity (Wildman–Crippen MR) is 152 cm³/mol. The summed E-state index contributed by atoms with van der Waals surface area (Å²) in [5.41, 5.74) is 5.40. The van der Waals surface area contributed by atoms with Crippen LogP contribution in [0.2, 0.25) is 0 Å². The van der Waals surface area contributed by atoms with Crippen molar-refractivity contribution in [2.45, 2.75) is 44.6 Å². The van der Waals surface area contributed by atoms with Crippen molar-refractivity contribution < 1.29 is 28.7 Å². The van der Waals surface area contributed by atoms with Crippen LogP contribution >= 0.6 is 0 Å². The number of aromatic nitrogens is 1. The smallest absolute Gasteiger partial charge is 0.264 e. The molecule has 1 unspecified atom stereocenters. The fraction of sp³-hybridized carbons (Fsp3) is 0.290. The maximum absolute atomic E-state index is 13.7. The van der Waals surface area contributed by atoms with Crippen LogP contribution in [0.4, 0.5) is 17.1 Å². The van der Waals surface area contributed by atoms with Gasteiger partial charge in [0.05, 0.1) is 22.5 Å². The van der Waals surface area contributed by atoms with Crippen LogP contribution < -0.4 is 20.3 Å². The molecule has 4 heterocycles. The second-order valence-electron chi connectivity index (χ2n) is 11.1. The van der Waals surface area contributed by atoms with Crippen LogP contribution in [0.3, 0.4) is 0 Å². The molecule has 1 saturated heterocycles. The van der Waals surface area contributed by atoms with E-state index >= 15 is 0 Å². The van der Waals surface area contributed by atoms with Crippen molar-refractivity contribution in [3.63, 3.8) is 0 Å². The standard InChI is InChI=1S/C31H27N5O6/c1-15-10-17(11-21(32-15)16-6-7-16)19-12-25-24(35(2)27(38)14-42-25)13-22(19)33-20-5-3-4-18-28(20)31(41)36(30(18)40)23-8-9-26(37)34-29(23)39/h3-5,10-13,16,23,33H,6-9,14H2,1-2H3,(H,34,37,39). The summed E-state index contributed by atoms with van der Waals surface area (Å²) in [4.78, 5) is 71.0. The lowest BCUT2D eigenvalue weighted by Gasteiger charge is -2.28. The first kappa shape index (κ1) is 25.9. The zero-order valence-corrected chi connectivity index (χ0v) is 23.0. The van der Waals surface area contributed by atoms with Gasteiger partial charge in [0.15, 0.2) is 6.61 Å². The molecule has 0 radical (unpaired) electrons. The number of piperidine rings is 1. The molecule has 0 spiro atoms. The Morgan fingerprint density at radius 2 is 1.76 bits per heavy atom. The molecule has 1 aromatic heterocycles. The highest BCUT2D eigenvalue weighted by atomic mass is 16.5. The first-order valence-corrected chi connectivity index (χ1v) is 13.9. The van der Waals surface area contributed by atoms with Crippen molar-refractivity contribution in [2.24, 2.45) is 0 Å². The van der Waals surface area contributed by atoms with Gasteiger partial charge in [-0.25, -0.2) is 0 Å². The highest BCUT2D eigenvalue weighted by Crippen LogP contribution is 2.45. The summed E-state index contributed by atoms with van der Waals surface area (Å²) >= 11 is 0. The topological polar surface area (TPSA) is 138 Å². The van der Waals surface area contributed by atoms with Gasteiger partial charge < -0.3 is 15.0 Å². The molecule has 3 aliphatic heterocycles. The maximum atomic E-state index is 13.7. The van der Waals surface area contributed by atoms with Crippen molar-refractivity contribution in [1.82, 2.24) is 15.2 Å². The largest absolute Gasteiger partial charge is 0.482 e. The van der Waals surface area contributed by atoms with Gasteiger partial charge in [0.1, 0.15) is 11.8 Å². The Hall–Kier alpha value is -5.06. The number of likely N-dealkylation sites (N-methyl/N-ethyl adjacent to an activating group) is 1. The van der Waals surface area contributed by atoms with Gasteiger partial charge in [0.25, 0.3) is 17.7 Å². The number of fused-ring (bicyclic) bond motifs is 2. The molecule has 1 atom stereocenters. The number of anilines is 3. The lowest BCUT2D eigenvalue weighted by Crippen LogP contribution is -2.54. The highest BCUT2D eigenvalue weighted by Gasteiger charge is 2.45. The summed E-state index contributed by atoms with van der Waals surface area (Å²) in [5.74, 6) is -1.52. The van der Waals surface area contributed by atoms with Crippen molar-refractivity contribution in [3.8, 4) is 16.9 Å². The highest BCUT2D eigenvalue weighted by molar-refractivity contribution is 6.25. The Bertz CT molecular complexity index is 1750. The fourth-order valence-corrected chi connectivity index (χ4v) is 5.86. The fourth-order valence-electron chi connectivity index (χ4n) is 5.86. The third-order valence-corrected chi connectivity index (χ3v) is 8.20. The molecule has 3 aromatic rings. The van der Waals surface area contributed by atoms with Crippen molar-refractivity contribution in [2.75, 3.05) is 23.9 Å². The van der Waals surface area contributed by atoms with E-state index in [4.69, 9.17) is 9.72 Å². The van der Waals surface area contributed by atoms with E-state index in [0.29, 0.717) is 28.7 Å². The summed E-state index contributed by atoms with van der Waals surface area (Å²) < 4.78 is 5.80. The number of ether oxygens (including phenoxy) is 1. The SMILES string of the molecule is Cc1cc(-c2cc3c(cc2Nc2cccc4c2C(=O)N(C2CCC(=O)NC2=O)C4=O)N(C)C(=O)CO3)cc(C2CC2)n1. The average Bonchev–Trinajstić information content (AvgIpc) is 3.78. The molecule has 2 N–H and O–H groups in total. The van der Waals surface area contributed by atoms with Crippen molar-refractivity contribution >= 4 is 46.6 Å². The average molecular weight is 566 g/mol. The third kappa shape index (κ3) is 4.20. The lowest BCUT2D eigenvalue weighted by molar-refractivity contribution is -0.136. The zero-order chi connectivity index (χ0) is 29.3. The molecule has 212 valence electrons. The van der Waals surface area contributed by atoms with Crippen molar-refractivity contribution in [1.29, 1.82) is 0 Å². The second-order valence-corrected chi connectivity index (χ2v) is 11.1. The predicted octanol–water partition coefficient (Wildman–Crippen LogP) is 3.43. The summed E-state index contributed by atoms with van der Waals surface area (Å²) in [6.45, 7) is 1.87. The first-order valence-electron chi connectivity index (χ1n) is 13.9. The molecule has 1 aliphatic carbocycles. The van der Waals surface area contributed by atoms with Crippen LogP contribution in [0, 0.1) is 6.92 Å². The van der Waals surface area contributed by atoms with Gasteiger partial charge in [-0.2, -0.15) is 0 Å². The minimum atomic E-state index is -1.07.